The molecule has 3 nitrogen and oxygen atoms in total. The van der Waals surface area contributed by atoms with E-state index < -0.39 is 0 Å². The number of anilines is 1. The molecule has 136 valence electrons. The van der Waals surface area contributed by atoms with Crippen molar-refractivity contribution in [2.75, 3.05) is 5.32 Å². The second kappa shape index (κ2) is 7.34. The van der Waals surface area contributed by atoms with E-state index in [1.54, 1.807) is 18.2 Å². The van der Waals surface area contributed by atoms with Gasteiger partial charge in [0.05, 0.1) is 16.1 Å². The predicted molar refractivity (Wildman–Crippen MR) is 111 cm³/mol. The number of hydrogen-bond donors (Lipinski definition) is 1. The number of carbonyl (C=O) groups is 1. The standard InChI is InChI=1S/C20H20BrClN2OS/c1-20(2,3)11-4-6-13-15(10-23)19(26-17(13)8-11)24-18(25)14-9-12(21)5-7-16(14)22/h5,7,9,11H,4,6,8H2,1-3H3,(H,24,25). The van der Waals surface area contributed by atoms with Crippen molar-refractivity contribution in [3.05, 3.63) is 49.3 Å². The van der Waals surface area contributed by atoms with Crippen LogP contribution in [0.1, 0.15) is 53.6 Å². The first-order chi connectivity index (χ1) is 12.2. The number of hydrogen-bond acceptors (Lipinski definition) is 3. The Balaban J connectivity index is 1.90. The van der Waals surface area contributed by atoms with Crippen LogP contribution in [-0.4, -0.2) is 5.91 Å². The maximum absolute atomic E-state index is 12.7. The summed E-state index contributed by atoms with van der Waals surface area (Å²) in [5, 5.41) is 13.6. The Bertz CT molecular complexity index is 908. The van der Waals surface area contributed by atoms with E-state index in [0.717, 1.165) is 29.3 Å². The topological polar surface area (TPSA) is 52.9 Å². The lowest BCUT2D eigenvalue weighted by Gasteiger charge is -2.33. The molecule has 3 rings (SSSR count). The highest BCUT2D eigenvalue weighted by atomic mass is 79.9. The number of nitrogens with zero attached hydrogens (tertiary/aromatic N) is 1. The molecule has 6 heteroatoms. The van der Waals surface area contributed by atoms with E-state index in [1.807, 2.05) is 0 Å². The first-order valence-electron chi connectivity index (χ1n) is 8.51. The fourth-order valence-electron chi connectivity index (χ4n) is 3.37. The van der Waals surface area contributed by atoms with Gasteiger partial charge in [-0.15, -0.1) is 11.3 Å². The van der Waals surface area contributed by atoms with Crippen molar-refractivity contribution in [1.82, 2.24) is 0 Å². The maximum atomic E-state index is 12.7. The molecule has 1 aliphatic carbocycles. The molecule has 1 aliphatic rings. The molecular weight excluding hydrogens is 432 g/mol. The summed E-state index contributed by atoms with van der Waals surface area (Å²) >= 11 is 11.0. The zero-order valence-electron chi connectivity index (χ0n) is 15.0. The van der Waals surface area contributed by atoms with Crippen LogP contribution in [0.5, 0.6) is 0 Å². The van der Waals surface area contributed by atoms with E-state index in [0.29, 0.717) is 27.1 Å². The van der Waals surface area contributed by atoms with E-state index >= 15 is 0 Å². The highest BCUT2D eigenvalue weighted by Gasteiger charge is 2.32. The zero-order valence-corrected chi connectivity index (χ0v) is 18.1. The third kappa shape index (κ3) is 3.83. The molecule has 1 aromatic heterocycles. The van der Waals surface area contributed by atoms with E-state index in [4.69, 9.17) is 11.6 Å². The summed E-state index contributed by atoms with van der Waals surface area (Å²) in [5.74, 6) is 0.294. The number of nitrogens with one attached hydrogen (secondary N) is 1. The summed E-state index contributed by atoms with van der Waals surface area (Å²) in [6.45, 7) is 6.79. The molecule has 1 heterocycles. The van der Waals surface area contributed by atoms with Crippen molar-refractivity contribution in [3.63, 3.8) is 0 Å². The van der Waals surface area contributed by atoms with E-state index in [9.17, 15) is 10.1 Å². The highest BCUT2D eigenvalue weighted by molar-refractivity contribution is 9.10. The minimum absolute atomic E-state index is 0.238. The van der Waals surface area contributed by atoms with Gasteiger partial charge in [-0.3, -0.25) is 4.79 Å². The van der Waals surface area contributed by atoms with Gasteiger partial charge >= 0.3 is 0 Å². The zero-order chi connectivity index (χ0) is 19.1. The summed E-state index contributed by atoms with van der Waals surface area (Å²) in [7, 11) is 0. The highest BCUT2D eigenvalue weighted by Crippen LogP contribution is 2.44. The first-order valence-corrected chi connectivity index (χ1v) is 10.5. The normalized spacial score (nSPS) is 16.7. The van der Waals surface area contributed by atoms with Gasteiger partial charge in [0.25, 0.3) is 5.91 Å². The lowest BCUT2D eigenvalue weighted by atomic mass is 9.72. The molecule has 0 aliphatic heterocycles. The molecule has 0 saturated carbocycles. The fraction of sp³-hybridized carbons (Fsp3) is 0.400. The van der Waals surface area contributed by atoms with Crippen LogP contribution in [0.2, 0.25) is 5.02 Å². The van der Waals surface area contributed by atoms with Gasteiger partial charge in [0, 0.05) is 9.35 Å². The minimum Gasteiger partial charge on any atom is -0.312 e. The van der Waals surface area contributed by atoms with Crippen LogP contribution in [0.3, 0.4) is 0 Å². The summed E-state index contributed by atoms with van der Waals surface area (Å²) in [6, 6.07) is 7.45. The molecule has 0 fully saturated rings. The van der Waals surface area contributed by atoms with Gasteiger partial charge in [-0.05, 0) is 54.4 Å². The Morgan fingerprint density at radius 2 is 2.15 bits per heavy atom. The average Bonchev–Trinajstić information content (AvgIpc) is 2.92. The molecule has 1 unspecified atom stereocenters. The summed E-state index contributed by atoms with van der Waals surface area (Å²) in [5.41, 5.74) is 2.34. The quantitative estimate of drug-likeness (QED) is 0.571. The lowest BCUT2D eigenvalue weighted by molar-refractivity contribution is 0.102. The third-order valence-corrected chi connectivity index (χ3v) is 6.99. The molecule has 1 atom stereocenters. The van der Waals surface area contributed by atoms with Gasteiger partial charge in [-0.25, -0.2) is 0 Å². The molecule has 1 amide bonds. The van der Waals surface area contributed by atoms with Crippen molar-refractivity contribution >= 4 is 49.8 Å². The Morgan fingerprint density at radius 3 is 2.81 bits per heavy atom. The van der Waals surface area contributed by atoms with Gasteiger partial charge in [0.1, 0.15) is 11.1 Å². The van der Waals surface area contributed by atoms with E-state index in [1.165, 1.54) is 16.2 Å². The molecule has 2 aromatic rings. The fourth-order valence-corrected chi connectivity index (χ4v) is 5.21. The maximum Gasteiger partial charge on any atom is 0.257 e. The van der Waals surface area contributed by atoms with Gasteiger partial charge in [0.15, 0.2) is 0 Å². The van der Waals surface area contributed by atoms with Crippen molar-refractivity contribution in [2.24, 2.45) is 11.3 Å². The third-order valence-electron chi connectivity index (χ3n) is 5.00. The molecule has 0 radical (unpaired) electrons. The number of carbonyl (C=O) groups excluding carboxylic acids is 1. The monoisotopic (exact) mass is 450 g/mol. The lowest BCUT2D eigenvalue weighted by Crippen LogP contribution is -2.26. The number of amides is 1. The molecule has 0 saturated heterocycles. The Morgan fingerprint density at radius 1 is 1.42 bits per heavy atom. The van der Waals surface area contributed by atoms with Crippen LogP contribution in [0, 0.1) is 22.7 Å². The second-order valence-electron chi connectivity index (χ2n) is 7.70. The average molecular weight is 452 g/mol. The largest absolute Gasteiger partial charge is 0.312 e. The Kier molecular flexibility index (Phi) is 5.48. The smallest absolute Gasteiger partial charge is 0.257 e. The van der Waals surface area contributed by atoms with E-state index in [-0.39, 0.29) is 11.3 Å². The number of thiophene rings is 1. The van der Waals surface area contributed by atoms with Gasteiger partial charge < -0.3 is 5.32 Å². The second-order valence-corrected chi connectivity index (χ2v) is 10.1. The first kappa shape index (κ1) is 19.4. The SMILES string of the molecule is CC(C)(C)C1CCc2c(sc(NC(=O)c3cc(Br)ccc3Cl)c2C#N)C1. The minimum atomic E-state index is -0.293. The van der Waals surface area contributed by atoms with Crippen molar-refractivity contribution in [1.29, 1.82) is 5.26 Å². The van der Waals surface area contributed by atoms with E-state index in [2.05, 4.69) is 48.1 Å². The number of rotatable bonds is 2. The number of benzene rings is 1. The van der Waals surface area contributed by atoms with Crippen LogP contribution >= 0.6 is 38.9 Å². The van der Waals surface area contributed by atoms with Gasteiger partial charge in [-0.1, -0.05) is 48.3 Å². The summed E-state index contributed by atoms with van der Waals surface area (Å²) in [6.07, 6.45) is 2.93. The molecule has 0 spiro atoms. The summed E-state index contributed by atoms with van der Waals surface area (Å²) < 4.78 is 0.783. The molecular formula is C20H20BrClN2OS. The summed E-state index contributed by atoms with van der Waals surface area (Å²) in [4.78, 5) is 13.9. The van der Waals surface area contributed by atoms with Crippen LogP contribution in [0.25, 0.3) is 0 Å². The number of fused-ring (bicyclic) bond motifs is 1. The van der Waals surface area contributed by atoms with Crippen molar-refractivity contribution < 1.29 is 4.79 Å². The molecule has 1 aromatic carbocycles. The van der Waals surface area contributed by atoms with Crippen LogP contribution in [0.4, 0.5) is 5.00 Å². The van der Waals surface area contributed by atoms with Gasteiger partial charge in [-0.2, -0.15) is 5.26 Å². The Labute approximate surface area is 171 Å². The van der Waals surface area contributed by atoms with Gasteiger partial charge in [0.2, 0.25) is 0 Å². The molecule has 1 N–H and O–H groups in total. The van der Waals surface area contributed by atoms with Crippen molar-refractivity contribution in [2.45, 2.75) is 40.0 Å². The van der Waals surface area contributed by atoms with Crippen LogP contribution < -0.4 is 5.32 Å². The molecule has 0 bridgehead atoms. The van der Waals surface area contributed by atoms with Crippen LogP contribution in [0.15, 0.2) is 22.7 Å². The molecule has 26 heavy (non-hydrogen) atoms. The number of halogens is 2. The number of nitriles is 1. The Hall–Kier alpha value is -1.35. The van der Waals surface area contributed by atoms with Crippen molar-refractivity contribution in [3.8, 4) is 6.07 Å². The predicted octanol–water partition coefficient (Wildman–Crippen LogP) is 6.44. The van der Waals surface area contributed by atoms with Crippen LogP contribution in [-0.2, 0) is 12.8 Å².